The lowest BCUT2D eigenvalue weighted by molar-refractivity contribution is -0.159. The van der Waals surface area contributed by atoms with Crippen molar-refractivity contribution < 1.29 is 49.8 Å². The van der Waals surface area contributed by atoms with Gasteiger partial charge in [-0.25, -0.2) is 9.59 Å². The highest BCUT2D eigenvalue weighted by atomic mass is 16.4. The van der Waals surface area contributed by atoms with Gasteiger partial charge in [-0.05, 0) is 24.3 Å². The molecule has 2 aromatic rings. The quantitative estimate of drug-likeness (QED) is 0.0763. The second-order valence-electron chi connectivity index (χ2n) is 7.83. The molecule has 0 atom stereocenters. The molecule has 0 aliphatic heterocycles. The van der Waals surface area contributed by atoms with E-state index in [4.69, 9.17) is 30.0 Å². The maximum atomic E-state index is 13.4. The number of hydrogen-bond donors (Lipinski definition) is 10. The van der Waals surface area contributed by atoms with E-state index in [0.29, 0.717) is 50.6 Å². The number of benzene rings is 2. The molecule has 0 fully saturated rings. The van der Waals surface area contributed by atoms with Crippen molar-refractivity contribution in [1.29, 1.82) is 0 Å². The number of anilines is 2. The van der Waals surface area contributed by atoms with Gasteiger partial charge < -0.3 is 51.9 Å². The zero-order chi connectivity index (χ0) is 28.2. The molecule has 1 aliphatic carbocycles. The Morgan fingerprint density at radius 1 is 0.579 bits per heavy atom. The van der Waals surface area contributed by atoms with Crippen molar-refractivity contribution in [1.82, 2.24) is 10.6 Å². The highest BCUT2D eigenvalue weighted by molar-refractivity contribution is 6.33. The lowest BCUT2D eigenvalue weighted by Crippen LogP contribution is -2.28. The fourth-order valence-corrected chi connectivity index (χ4v) is 3.64. The monoisotopic (exact) mass is 534 g/mol. The van der Waals surface area contributed by atoms with E-state index in [2.05, 4.69) is 21.3 Å². The Balaban J connectivity index is 0.000000757. The molecule has 0 spiro atoms. The topological polar surface area (TPSA) is 238 Å². The minimum Gasteiger partial charge on any atom is -0.507 e. The van der Waals surface area contributed by atoms with Crippen molar-refractivity contribution >= 4 is 34.9 Å². The van der Waals surface area contributed by atoms with E-state index in [1.54, 1.807) is 12.1 Å². The number of aliphatic carboxylic acids is 2. The van der Waals surface area contributed by atoms with Crippen molar-refractivity contribution in [3.8, 4) is 11.5 Å². The average molecular weight is 535 g/mol. The minimum absolute atomic E-state index is 0.00939. The van der Waals surface area contributed by atoms with Crippen LogP contribution in [-0.4, -0.2) is 107 Å². The average Bonchev–Trinajstić information content (AvgIpc) is 2.88. The summed E-state index contributed by atoms with van der Waals surface area (Å²) >= 11 is 0. The smallest absolute Gasteiger partial charge is 0.414 e. The van der Waals surface area contributed by atoms with Gasteiger partial charge in [0, 0.05) is 50.6 Å². The Morgan fingerprint density at radius 2 is 0.947 bits per heavy atom. The molecule has 0 heterocycles. The Kier molecular flexibility index (Phi) is 11.4. The molecule has 2 aromatic carbocycles. The number of nitrogens with one attached hydrogen (secondary N) is 4. The number of carboxylic acid groups (broad SMARTS) is 2. The van der Waals surface area contributed by atoms with Gasteiger partial charge >= 0.3 is 11.9 Å². The predicted molar refractivity (Wildman–Crippen MR) is 135 cm³/mol. The first-order valence-electron chi connectivity index (χ1n) is 11.5. The van der Waals surface area contributed by atoms with E-state index in [0.717, 1.165) is 0 Å². The lowest BCUT2D eigenvalue weighted by atomic mass is 9.81. The van der Waals surface area contributed by atoms with Crippen LogP contribution in [0.5, 0.6) is 11.5 Å². The van der Waals surface area contributed by atoms with Crippen LogP contribution in [0.2, 0.25) is 0 Å². The zero-order valence-electron chi connectivity index (χ0n) is 20.3. The molecule has 1 aliphatic rings. The van der Waals surface area contributed by atoms with Gasteiger partial charge in [0.05, 0.1) is 35.5 Å². The summed E-state index contributed by atoms with van der Waals surface area (Å²) in [7, 11) is 0. The molecule has 14 heteroatoms. The van der Waals surface area contributed by atoms with Crippen molar-refractivity contribution in [2.75, 3.05) is 63.1 Å². The molecule has 0 saturated heterocycles. The maximum absolute atomic E-state index is 13.4. The summed E-state index contributed by atoms with van der Waals surface area (Å²) < 4.78 is 0. The van der Waals surface area contributed by atoms with Gasteiger partial charge in [0.15, 0.2) is 0 Å². The number of carbonyl (C=O) groups excluding carboxylic acids is 2. The summed E-state index contributed by atoms with van der Waals surface area (Å²) in [5, 5.41) is 65.3. The standard InChI is InChI=1S/C22H28N4O6.C2H2O4/c27-11-9-23-5-7-25-13-1-2-14(26-8-6-24-10-12-28)18-17(13)21(31)19-15(29)3-4-16(30)20(19)22(18)32;3-1(4)2(5)6/h1-4,23-30H,5-12H2;(H,3,4)(H,5,6). The van der Waals surface area contributed by atoms with Gasteiger partial charge in [-0.3, -0.25) is 9.59 Å². The van der Waals surface area contributed by atoms with E-state index >= 15 is 0 Å². The van der Waals surface area contributed by atoms with Crippen LogP contribution < -0.4 is 21.3 Å². The lowest BCUT2D eigenvalue weighted by Gasteiger charge is -2.25. The second-order valence-corrected chi connectivity index (χ2v) is 7.83. The van der Waals surface area contributed by atoms with Crippen molar-refractivity contribution in [2.45, 2.75) is 0 Å². The number of rotatable bonds is 12. The molecular weight excluding hydrogens is 504 g/mol. The Morgan fingerprint density at radius 3 is 1.26 bits per heavy atom. The number of carboxylic acids is 2. The number of phenols is 2. The molecule has 10 N–H and O–H groups in total. The molecule has 0 aromatic heterocycles. The van der Waals surface area contributed by atoms with Gasteiger partial charge in [0.2, 0.25) is 11.6 Å². The first-order chi connectivity index (χ1) is 18.1. The van der Waals surface area contributed by atoms with Crippen molar-refractivity contribution in [2.24, 2.45) is 0 Å². The van der Waals surface area contributed by atoms with Crippen LogP contribution in [0.15, 0.2) is 24.3 Å². The maximum Gasteiger partial charge on any atom is 0.414 e. The Bertz CT molecular complexity index is 1100. The van der Waals surface area contributed by atoms with Gasteiger partial charge in [-0.2, -0.15) is 0 Å². The second kappa shape index (κ2) is 14.5. The fraction of sp³-hybridized carbons (Fsp3) is 0.333. The third-order valence-electron chi connectivity index (χ3n) is 5.27. The normalized spacial score (nSPS) is 11.6. The summed E-state index contributed by atoms with van der Waals surface area (Å²) in [6.07, 6.45) is 0. The van der Waals surface area contributed by atoms with E-state index in [9.17, 15) is 19.8 Å². The van der Waals surface area contributed by atoms with Crippen molar-refractivity contribution in [3.05, 3.63) is 46.5 Å². The van der Waals surface area contributed by atoms with Crippen LogP contribution in [0.25, 0.3) is 0 Å². The van der Waals surface area contributed by atoms with E-state index in [1.807, 2.05) is 0 Å². The fourth-order valence-electron chi connectivity index (χ4n) is 3.64. The zero-order valence-corrected chi connectivity index (χ0v) is 20.3. The van der Waals surface area contributed by atoms with Crippen molar-refractivity contribution in [3.63, 3.8) is 0 Å². The first kappa shape index (κ1) is 30.0. The molecule has 38 heavy (non-hydrogen) atoms. The molecule has 0 radical (unpaired) electrons. The third-order valence-corrected chi connectivity index (χ3v) is 5.27. The number of aliphatic hydroxyl groups is 2. The summed E-state index contributed by atoms with van der Waals surface area (Å²) in [4.78, 5) is 44.9. The van der Waals surface area contributed by atoms with Crippen LogP contribution in [-0.2, 0) is 9.59 Å². The number of hydrogen-bond acceptors (Lipinski definition) is 12. The number of ketones is 2. The highest BCUT2D eigenvalue weighted by Crippen LogP contribution is 2.42. The molecular formula is C24H30N4O10. The summed E-state index contributed by atoms with van der Waals surface area (Å²) in [5.74, 6) is -5.51. The van der Waals surface area contributed by atoms with Crippen LogP contribution in [0.1, 0.15) is 31.8 Å². The first-order valence-corrected chi connectivity index (χ1v) is 11.5. The number of aliphatic hydroxyl groups excluding tert-OH is 2. The van der Waals surface area contributed by atoms with Gasteiger partial charge in [0.1, 0.15) is 11.5 Å². The summed E-state index contributed by atoms with van der Waals surface area (Å²) in [5.41, 5.74) is 0.678. The summed E-state index contributed by atoms with van der Waals surface area (Å²) in [6, 6.07) is 5.74. The predicted octanol–water partition coefficient (Wildman–Crippen LogP) is -0.984. The Hall–Kier alpha value is -4.24. The Labute approximate surface area is 216 Å². The van der Waals surface area contributed by atoms with E-state index in [-0.39, 0.29) is 47.0 Å². The van der Waals surface area contributed by atoms with Crippen LogP contribution in [0.4, 0.5) is 11.4 Å². The van der Waals surface area contributed by atoms with Crippen LogP contribution in [0, 0.1) is 0 Å². The third kappa shape index (κ3) is 7.39. The minimum atomic E-state index is -1.82. The molecule has 14 nitrogen and oxygen atoms in total. The van der Waals surface area contributed by atoms with Crippen LogP contribution >= 0.6 is 0 Å². The van der Waals surface area contributed by atoms with Gasteiger partial charge in [-0.15, -0.1) is 0 Å². The summed E-state index contributed by atoms with van der Waals surface area (Å²) in [6.45, 7) is 2.81. The number of phenolic OH excluding ortho intramolecular Hbond substituents is 2. The molecule has 0 unspecified atom stereocenters. The SMILES string of the molecule is O=C(O)C(=O)O.O=C1c2c(O)ccc(O)c2C(=O)c2c(NCCNCCO)ccc(NCCNCCO)c21. The number of aromatic hydroxyl groups is 2. The molecule has 0 bridgehead atoms. The van der Waals surface area contributed by atoms with E-state index in [1.165, 1.54) is 12.1 Å². The number of fused-ring (bicyclic) bond motifs is 2. The van der Waals surface area contributed by atoms with Crippen LogP contribution in [0.3, 0.4) is 0 Å². The molecule has 3 rings (SSSR count). The van der Waals surface area contributed by atoms with E-state index < -0.39 is 23.5 Å². The highest BCUT2D eigenvalue weighted by Gasteiger charge is 2.37. The van der Waals surface area contributed by atoms with Gasteiger partial charge in [-0.1, -0.05) is 0 Å². The molecule has 0 saturated carbocycles. The van der Waals surface area contributed by atoms with Gasteiger partial charge in [0.25, 0.3) is 0 Å². The number of carbonyl (C=O) groups is 4. The largest absolute Gasteiger partial charge is 0.507 e. The molecule has 206 valence electrons. The molecule has 0 amide bonds.